The van der Waals surface area contributed by atoms with Gasteiger partial charge in [0.05, 0.1) is 22.7 Å². The van der Waals surface area contributed by atoms with E-state index in [0.717, 1.165) is 6.42 Å². The van der Waals surface area contributed by atoms with Crippen molar-refractivity contribution in [2.24, 2.45) is 0 Å². The summed E-state index contributed by atoms with van der Waals surface area (Å²) < 4.78 is 10.4. The second kappa shape index (κ2) is 8.93. The largest absolute Gasteiger partial charge is 0.486 e. The van der Waals surface area contributed by atoms with Crippen LogP contribution in [-0.2, 0) is 4.74 Å². The van der Waals surface area contributed by atoms with Crippen LogP contribution in [0.3, 0.4) is 0 Å². The van der Waals surface area contributed by atoms with Crippen molar-refractivity contribution >= 4 is 29.1 Å². The molecule has 0 unspecified atom stereocenters. The Kier molecular flexibility index (Phi) is 7.57. The van der Waals surface area contributed by atoms with E-state index < -0.39 is 0 Å². The van der Waals surface area contributed by atoms with Crippen LogP contribution >= 0.6 is 23.2 Å². The van der Waals surface area contributed by atoms with Crippen LogP contribution in [0.25, 0.3) is 0 Å². The monoisotopic (exact) mass is 331 g/mol. The zero-order chi connectivity index (χ0) is 15.8. The summed E-state index contributed by atoms with van der Waals surface area (Å²) >= 11 is 12.2. The van der Waals surface area contributed by atoms with Gasteiger partial charge in [-0.3, -0.25) is 4.79 Å². The molecule has 0 saturated heterocycles. The molecule has 6 heteroatoms. The molecule has 1 rings (SSSR count). The molecule has 0 bridgehead atoms. The lowest BCUT2D eigenvalue weighted by atomic mass is 10.1. The van der Waals surface area contributed by atoms with Gasteiger partial charge < -0.3 is 14.8 Å². The molecule has 1 amide bonds. The molecule has 1 atom stereocenters. The topological polar surface area (TPSA) is 47.6 Å². The van der Waals surface area contributed by atoms with Crippen molar-refractivity contribution in [2.75, 3.05) is 20.3 Å². The number of hydrogen-bond acceptors (Lipinski definition) is 3. The molecule has 0 radical (unpaired) electrons. The predicted octanol–water partition coefficient (Wildman–Crippen LogP) is 3.71. The second-order valence-corrected chi connectivity index (χ2v) is 5.22. The third-order valence-corrected chi connectivity index (χ3v) is 3.36. The van der Waals surface area contributed by atoms with Crippen molar-refractivity contribution in [1.82, 2.24) is 5.32 Å². The van der Waals surface area contributed by atoms with E-state index in [0.29, 0.717) is 17.9 Å². The molecule has 0 fully saturated rings. The first kappa shape index (κ1) is 17.8. The Labute approximate surface area is 135 Å². The van der Waals surface area contributed by atoms with E-state index in [1.165, 1.54) is 12.1 Å². The van der Waals surface area contributed by atoms with Crippen LogP contribution in [0, 0.1) is 0 Å². The van der Waals surface area contributed by atoms with Crippen LogP contribution in [0.4, 0.5) is 0 Å². The third-order valence-electron chi connectivity index (χ3n) is 2.80. The number of halogens is 2. The number of methoxy groups -OCH3 is 1. The molecule has 0 aliphatic rings. The first-order valence-electron chi connectivity index (χ1n) is 6.56. The Bertz CT molecular complexity index is 483. The number of carbonyl (C=O) groups is 1. The molecule has 0 heterocycles. The maximum absolute atomic E-state index is 12.2. The van der Waals surface area contributed by atoms with E-state index in [1.54, 1.807) is 13.2 Å². The van der Waals surface area contributed by atoms with Crippen molar-refractivity contribution in [3.8, 4) is 5.75 Å². The molecular formula is C15H19Cl2NO3. The molecule has 116 valence electrons. The number of benzene rings is 1. The van der Waals surface area contributed by atoms with Crippen LogP contribution in [0.5, 0.6) is 5.75 Å². The average molecular weight is 332 g/mol. The van der Waals surface area contributed by atoms with Crippen molar-refractivity contribution in [2.45, 2.75) is 19.4 Å². The Morgan fingerprint density at radius 2 is 2.05 bits per heavy atom. The Hall–Kier alpha value is -1.23. The van der Waals surface area contributed by atoms with Crippen molar-refractivity contribution in [3.05, 3.63) is 40.4 Å². The van der Waals surface area contributed by atoms with E-state index in [-0.39, 0.29) is 28.6 Å². The van der Waals surface area contributed by atoms with E-state index in [2.05, 4.69) is 11.9 Å². The van der Waals surface area contributed by atoms with E-state index >= 15 is 0 Å². The first-order valence-corrected chi connectivity index (χ1v) is 7.31. The standard InChI is InChI=1S/C15H19Cl2NO3/c1-4-6-21-14-12(16)7-10(8-13(14)17)15(19)18-11(5-2)9-20-3/h4,7-8,11H,1,5-6,9H2,2-3H3,(H,18,19)/t11-/m0/s1. The van der Waals surface area contributed by atoms with Crippen LogP contribution in [0.1, 0.15) is 23.7 Å². The van der Waals surface area contributed by atoms with Gasteiger partial charge in [0.15, 0.2) is 5.75 Å². The highest BCUT2D eigenvalue weighted by molar-refractivity contribution is 6.37. The molecule has 1 aromatic carbocycles. The minimum atomic E-state index is -0.252. The van der Waals surface area contributed by atoms with Crippen LogP contribution in [0.2, 0.25) is 10.0 Å². The average Bonchev–Trinajstić information content (AvgIpc) is 2.45. The van der Waals surface area contributed by atoms with E-state index in [9.17, 15) is 4.79 Å². The zero-order valence-electron chi connectivity index (χ0n) is 12.1. The van der Waals surface area contributed by atoms with Crippen LogP contribution in [-0.4, -0.2) is 32.3 Å². The third kappa shape index (κ3) is 5.23. The van der Waals surface area contributed by atoms with Crippen molar-refractivity contribution in [3.63, 3.8) is 0 Å². The summed E-state index contributed by atoms with van der Waals surface area (Å²) in [5, 5.41) is 3.44. The lowest BCUT2D eigenvalue weighted by Gasteiger charge is -2.16. The number of amides is 1. The van der Waals surface area contributed by atoms with Gasteiger partial charge in [-0.25, -0.2) is 0 Å². The smallest absolute Gasteiger partial charge is 0.251 e. The lowest BCUT2D eigenvalue weighted by Crippen LogP contribution is -2.37. The van der Waals surface area contributed by atoms with Gasteiger partial charge in [-0.05, 0) is 18.6 Å². The fourth-order valence-electron chi connectivity index (χ4n) is 1.70. The Balaban J connectivity index is 2.88. The second-order valence-electron chi connectivity index (χ2n) is 4.40. The summed E-state index contributed by atoms with van der Waals surface area (Å²) in [7, 11) is 1.59. The number of carbonyl (C=O) groups excluding carboxylic acids is 1. The maximum atomic E-state index is 12.2. The highest BCUT2D eigenvalue weighted by Crippen LogP contribution is 2.34. The number of rotatable bonds is 8. The normalized spacial score (nSPS) is 11.8. The zero-order valence-corrected chi connectivity index (χ0v) is 13.6. The molecule has 0 saturated carbocycles. The minimum Gasteiger partial charge on any atom is -0.486 e. The highest BCUT2D eigenvalue weighted by Gasteiger charge is 2.16. The molecule has 21 heavy (non-hydrogen) atoms. The van der Waals surface area contributed by atoms with Crippen LogP contribution < -0.4 is 10.1 Å². The molecular weight excluding hydrogens is 313 g/mol. The lowest BCUT2D eigenvalue weighted by molar-refractivity contribution is 0.0894. The van der Waals surface area contributed by atoms with Crippen LogP contribution in [0.15, 0.2) is 24.8 Å². The molecule has 0 aromatic heterocycles. The van der Waals surface area contributed by atoms with Gasteiger partial charge in [-0.1, -0.05) is 42.8 Å². The van der Waals surface area contributed by atoms with Gasteiger partial charge in [-0.2, -0.15) is 0 Å². The van der Waals surface area contributed by atoms with Gasteiger partial charge in [0, 0.05) is 12.7 Å². The summed E-state index contributed by atoms with van der Waals surface area (Å²) in [4.78, 5) is 12.2. The molecule has 0 spiro atoms. The quantitative estimate of drug-likeness (QED) is 0.738. The minimum absolute atomic E-state index is 0.0586. The summed E-state index contributed by atoms with van der Waals surface area (Å²) in [6, 6.07) is 3.00. The summed E-state index contributed by atoms with van der Waals surface area (Å²) in [6.45, 7) is 6.26. The van der Waals surface area contributed by atoms with Gasteiger partial charge in [-0.15, -0.1) is 0 Å². The molecule has 4 nitrogen and oxygen atoms in total. The fraction of sp³-hybridized carbons (Fsp3) is 0.400. The van der Waals surface area contributed by atoms with Crippen molar-refractivity contribution < 1.29 is 14.3 Å². The van der Waals surface area contributed by atoms with Gasteiger partial charge in [0.2, 0.25) is 0 Å². The summed E-state index contributed by atoms with van der Waals surface area (Å²) in [5.74, 6) is 0.0942. The van der Waals surface area contributed by atoms with Gasteiger partial charge in [0.25, 0.3) is 5.91 Å². The number of nitrogens with one attached hydrogen (secondary N) is 1. The number of hydrogen-bond donors (Lipinski definition) is 1. The highest BCUT2D eigenvalue weighted by atomic mass is 35.5. The van der Waals surface area contributed by atoms with Crippen molar-refractivity contribution in [1.29, 1.82) is 0 Å². The van der Waals surface area contributed by atoms with E-state index in [1.807, 2.05) is 6.92 Å². The van der Waals surface area contributed by atoms with E-state index in [4.69, 9.17) is 32.7 Å². The molecule has 1 aromatic rings. The summed E-state index contributed by atoms with van der Waals surface area (Å²) in [6.07, 6.45) is 2.35. The fourth-order valence-corrected chi connectivity index (χ4v) is 2.30. The Morgan fingerprint density at radius 1 is 1.43 bits per heavy atom. The number of ether oxygens (including phenoxy) is 2. The predicted molar refractivity (Wildman–Crippen MR) is 85.6 cm³/mol. The SMILES string of the molecule is C=CCOc1c(Cl)cc(C(=O)N[C@@H](CC)COC)cc1Cl. The summed E-state index contributed by atoms with van der Waals surface area (Å²) in [5.41, 5.74) is 0.380. The van der Waals surface area contributed by atoms with Gasteiger partial charge in [0.1, 0.15) is 6.61 Å². The first-order chi connectivity index (χ1) is 10.0. The molecule has 0 aliphatic heterocycles. The van der Waals surface area contributed by atoms with Gasteiger partial charge >= 0.3 is 0 Å². The Morgan fingerprint density at radius 3 is 2.52 bits per heavy atom. The molecule has 0 aliphatic carbocycles. The maximum Gasteiger partial charge on any atom is 0.251 e. The molecule has 1 N–H and O–H groups in total.